The molecular formula is C30H38N2O5. The molecule has 0 bridgehead atoms. The number of carbonyl (C=O) groups is 2. The lowest BCUT2D eigenvalue weighted by atomic mass is 9.95. The summed E-state index contributed by atoms with van der Waals surface area (Å²) in [5, 5.41) is 11.3. The van der Waals surface area contributed by atoms with Crippen LogP contribution in [0.4, 0.5) is 0 Å². The molecule has 0 saturated carbocycles. The molecule has 1 saturated heterocycles. The minimum atomic E-state index is -0.726. The molecule has 0 radical (unpaired) electrons. The topological polar surface area (TPSA) is 79.3 Å². The van der Waals surface area contributed by atoms with E-state index in [1.807, 2.05) is 38.1 Å². The summed E-state index contributed by atoms with van der Waals surface area (Å²) in [6.45, 7) is 15.1. The van der Waals surface area contributed by atoms with Crippen LogP contribution in [0.1, 0.15) is 51.3 Å². The summed E-state index contributed by atoms with van der Waals surface area (Å²) in [6.07, 6.45) is 2.37. The number of ether oxygens (including phenoxy) is 2. The summed E-state index contributed by atoms with van der Waals surface area (Å²) in [7, 11) is 0. The number of ketones is 1. The van der Waals surface area contributed by atoms with Gasteiger partial charge in [0.15, 0.2) is 0 Å². The lowest BCUT2D eigenvalue weighted by Gasteiger charge is -2.27. The van der Waals surface area contributed by atoms with Gasteiger partial charge in [-0.05, 0) is 81.9 Å². The van der Waals surface area contributed by atoms with E-state index < -0.39 is 17.7 Å². The Hall–Kier alpha value is -3.58. The number of likely N-dealkylation sites (tertiary alicyclic amines) is 1. The molecule has 1 atom stereocenters. The summed E-state index contributed by atoms with van der Waals surface area (Å²) in [5.74, 6) is -0.245. The van der Waals surface area contributed by atoms with Gasteiger partial charge in [-0.3, -0.25) is 9.59 Å². The van der Waals surface area contributed by atoms with E-state index in [-0.39, 0.29) is 17.4 Å². The zero-order chi connectivity index (χ0) is 26.9. The Kier molecular flexibility index (Phi) is 9.92. The normalized spacial score (nSPS) is 17.0. The molecule has 0 aromatic heterocycles. The third kappa shape index (κ3) is 6.80. The second-order valence-corrected chi connectivity index (χ2v) is 9.24. The molecule has 2 aromatic rings. The van der Waals surface area contributed by atoms with Gasteiger partial charge in [-0.1, -0.05) is 38.6 Å². The van der Waals surface area contributed by atoms with Crippen LogP contribution in [0.3, 0.4) is 0 Å². The van der Waals surface area contributed by atoms with Crippen LogP contribution in [-0.2, 0) is 9.59 Å². The fourth-order valence-electron chi connectivity index (χ4n) is 4.51. The average molecular weight is 507 g/mol. The highest BCUT2D eigenvalue weighted by molar-refractivity contribution is 6.46. The van der Waals surface area contributed by atoms with Crippen molar-refractivity contribution in [3.8, 4) is 11.5 Å². The third-order valence-corrected chi connectivity index (χ3v) is 6.35. The largest absolute Gasteiger partial charge is 0.507 e. The van der Waals surface area contributed by atoms with E-state index in [4.69, 9.17) is 9.47 Å². The first kappa shape index (κ1) is 28.0. The predicted octanol–water partition coefficient (Wildman–Crippen LogP) is 5.19. The van der Waals surface area contributed by atoms with Crippen LogP contribution < -0.4 is 9.47 Å². The van der Waals surface area contributed by atoms with Crippen molar-refractivity contribution in [3.63, 3.8) is 0 Å². The molecule has 1 aliphatic rings. The molecule has 1 amide bonds. The van der Waals surface area contributed by atoms with Crippen molar-refractivity contribution in [1.82, 2.24) is 9.80 Å². The highest BCUT2D eigenvalue weighted by Gasteiger charge is 2.45. The van der Waals surface area contributed by atoms with Crippen LogP contribution in [0.5, 0.6) is 11.5 Å². The zero-order valence-electron chi connectivity index (χ0n) is 22.3. The molecule has 1 unspecified atom stereocenters. The SMILES string of the molecule is C=CCOc1cccc(C2/C(=C(/O)c3ccc(OC(C)C)cc3)C(=O)C(=O)N2CCCN(CC)CC)c1. The first-order chi connectivity index (χ1) is 17.8. The van der Waals surface area contributed by atoms with Crippen LogP contribution in [0.15, 0.2) is 66.8 Å². The van der Waals surface area contributed by atoms with Crippen LogP contribution in [-0.4, -0.2) is 65.5 Å². The Morgan fingerprint density at radius 2 is 1.81 bits per heavy atom. The fraction of sp³-hybridized carbons (Fsp3) is 0.400. The molecule has 1 aliphatic heterocycles. The quantitative estimate of drug-likeness (QED) is 0.174. The maximum absolute atomic E-state index is 13.3. The number of benzene rings is 2. The van der Waals surface area contributed by atoms with Crippen molar-refractivity contribution in [2.45, 2.75) is 46.3 Å². The average Bonchev–Trinajstić information content (AvgIpc) is 3.15. The van der Waals surface area contributed by atoms with E-state index in [1.54, 1.807) is 35.2 Å². The molecule has 37 heavy (non-hydrogen) atoms. The smallest absolute Gasteiger partial charge is 0.295 e. The number of Topliss-reactive ketones (excluding diaryl/α,β-unsaturated/α-hetero) is 1. The number of hydrogen-bond acceptors (Lipinski definition) is 6. The molecule has 2 aromatic carbocycles. The van der Waals surface area contributed by atoms with Gasteiger partial charge in [0.25, 0.3) is 11.7 Å². The second-order valence-electron chi connectivity index (χ2n) is 9.24. The lowest BCUT2D eigenvalue weighted by Crippen LogP contribution is -2.33. The number of carbonyl (C=O) groups excluding carboxylic acids is 2. The van der Waals surface area contributed by atoms with Crippen molar-refractivity contribution in [2.75, 3.05) is 32.8 Å². The van der Waals surface area contributed by atoms with Crippen molar-refractivity contribution < 1.29 is 24.2 Å². The zero-order valence-corrected chi connectivity index (χ0v) is 22.3. The van der Waals surface area contributed by atoms with Gasteiger partial charge < -0.3 is 24.4 Å². The first-order valence-corrected chi connectivity index (χ1v) is 12.9. The predicted molar refractivity (Wildman–Crippen MR) is 146 cm³/mol. The van der Waals surface area contributed by atoms with Crippen molar-refractivity contribution in [1.29, 1.82) is 0 Å². The van der Waals surface area contributed by atoms with Gasteiger partial charge in [0.2, 0.25) is 0 Å². The molecule has 3 rings (SSSR count). The number of rotatable bonds is 13. The minimum absolute atomic E-state index is 0.0108. The van der Waals surface area contributed by atoms with Crippen LogP contribution in [0, 0.1) is 0 Å². The Morgan fingerprint density at radius 1 is 1.11 bits per heavy atom. The van der Waals surface area contributed by atoms with Gasteiger partial charge in [-0.2, -0.15) is 0 Å². The Bertz CT molecular complexity index is 1120. The number of nitrogens with zero attached hydrogens (tertiary/aromatic N) is 2. The first-order valence-electron chi connectivity index (χ1n) is 12.9. The van der Waals surface area contributed by atoms with Crippen LogP contribution >= 0.6 is 0 Å². The van der Waals surface area contributed by atoms with E-state index in [2.05, 4.69) is 25.3 Å². The van der Waals surface area contributed by atoms with E-state index >= 15 is 0 Å². The summed E-state index contributed by atoms with van der Waals surface area (Å²) in [5.41, 5.74) is 1.22. The van der Waals surface area contributed by atoms with E-state index in [0.717, 1.165) is 19.6 Å². The standard InChI is InChI=1S/C30H38N2O5/c1-6-19-36-25-12-9-11-23(20-25)27-26(28(33)22-13-15-24(16-14-22)37-21(4)5)29(34)30(35)32(27)18-10-17-31(7-2)8-3/h6,9,11-16,20-21,27,33H,1,7-8,10,17-19H2,2-5H3/b28-26-. The van der Waals surface area contributed by atoms with Crippen LogP contribution in [0.2, 0.25) is 0 Å². The molecular weight excluding hydrogens is 468 g/mol. The molecule has 1 fully saturated rings. The minimum Gasteiger partial charge on any atom is -0.507 e. The van der Waals surface area contributed by atoms with Gasteiger partial charge in [0.05, 0.1) is 17.7 Å². The maximum atomic E-state index is 13.3. The molecule has 0 spiro atoms. The van der Waals surface area contributed by atoms with E-state index in [1.165, 1.54) is 0 Å². The number of amides is 1. The van der Waals surface area contributed by atoms with Crippen molar-refractivity contribution in [2.24, 2.45) is 0 Å². The van der Waals surface area contributed by atoms with Gasteiger partial charge >= 0.3 is 0 Å². The van der Waals surface area contributed by atoms with Gasteiger partial charge in [0, 0.05) is 12.1 Å². The summed E-state index contributed by atoms with van der Waals surface area (Å²) < 4.78 is 11.4. The molecule has 0 aliphatic carbocycles. The van der Waals surface area contributed by atoms with Gasteiger partial charge in [0.1, 0.15) is 23.9 Å². The Labute approximate surface area is 220 Å². The van der Waals surface area contributed by atoms with Crippen molar-refractivity contribution >= 4 is 17.4 Å². The molecule has 7 nitrogen and oxygen atoms in total. The Balaban J connectivity index is 2.02. The van der Waals surface area contributed by atoms with E-state index in [9.17, 15) is 14.7 Å². The molecule has 7 heteroatoms. The second kappa shape index (κ2) is 13.1. The summed E-state index contributed by atoms with van der Waals surface area (Å²) >= 11 is 0. The highest BCUT2D eigenvalue weighted by atomic mass is 16.5. The summed E-state index contributed by atoms with van der Waals surface area (Å²) in [4.78, 5) is 30.4. The van der Waals surface area contributed by atoms with E-state index in [0.29, 0.717) is 42.2 Å². The number of aliphatic hydroxyl groups is 1. The highest BCUT2D eigenvalue weighted by Crippen LogP contribution is 2.40. The van der Waals surface area contributed by atoms with Crippen LogP contribution in [0.25, 0.3) is 5.76 Å². The fourth-order valence-corrected chi connectivity index (χ4v) is 4.51. The van der Waals surface area contributed by atoms with Crippen molar-refractivity contribution in [3.05, 3.63) is 77.9 Å². The molecule has 198 valence electrons. The lowest BCUT2D eigenvalue weighted by molar-refractivity contribution is -0.140. The molecule has 1 N–H and O–H groups in total. The van der Waals surface area contributed by atoms with Gasteiger partial charge in [-0.25, -0.2) is 0 Å². The number of hydrogen-bond donors (Lipinski definition) is 1. The Morgan fingerprint density at radius 3 is 2.43 bits per heavy atom. The maximum Gasteiger partial charge on any atom is 0.295 e. The van der Waals surface area contributed by atoms with Gasteiger partial charge in [-0.15, -0.1) is 0 Å². The summed E-state index contributed by atoms with van der Waals surface area (Å²) in [6, 6.07) is 13.4. The third-order valence-electron chi connectivity index (χ3n) is 6.35. The monoisotopic (exact) mass is 506 g/mol. The molecule has 1 heterocycles. The number of aliphatic hydroxyl groups excluding tert-OH is 1.